The van der Waals surface area contributed by atoms with E-state index in [4.69, 9.17) is 4.74 Å². The topological polar surface area (TPSA) is 77.9 Å². The summed E-state index contributed by atoms with van der Waals surface area (Å²) >= 11 is 0. The number of hydrogen-bond acceptors (Lipinski definition) is 6. The first-order valence-electron chi connectivity index (χ1n) is 7.47. The van der Waals surface area contributed by atoms with Gasteiger partial charge in [-0.05, 0) is 31.5 Å². The average Bonchev–Trinajstić information content (AvgIpc) is 2.59. The molecule has 0 aliphatic heterocycles. The van der Waals surface area contributed by atoms with Crippen LogP contribution in [0.25, 0.3) is 0 Å². The number of hydrogen-bond donors (Lipinski definition) is 0. The summed E-state index contributed by atoms with van der Waals surface area (Å²) in [6.45, 7) is 3.92. The maximum atomic E-state index is 12.4. The number of pyridine rings is 2. The van der Waals surface area contributed by atoms with Crippen molar-refractivity contribution in [3.05, 3.63) is 71.8 Å². The van der Waals surface area contributed by atoms with E-state index in [1.165, 1.54) is 6.33 Å². The van der Waals surface area contributed by atoms with Gasteiger partial charge in [0.1, 0.15) is 17.8 Å². The molecule has 0 bridgehead atoms. The number of rotatable bonds is 5. The van der Waals surface area contributed by atoms with Gasteiger partial charge in [0.2, 0.25) is 0 Å². The van der Waals surface area contributed by atoms with Gasteiger partial charge in [0.15, 0.2) is 11.5 Å². The highest BCUT2D eigenvalue weighted by molar-refractivity contribution is 5.95. The van der Waals surface area contributed by atoms with Crippen LogP contribution in [0.5, 0.6) is 11.5 Å². The van der Waals surface area contributed by atoms with Crippen molar-refractivity contribution in [2.45, 2.75) is 20.3 Å². The van der Waals surface area contributed by atoms with Crippen molar-refractivity contribution >= 4 is 5.78 Å². The molecular formula is C18H16N4O2. The zero-order chi connectivity index (χ0) is 16.9. The highest BCUT2D eigenvalue weighted by atomic mass is 16.5. The molecule has 3 aromatic rings. The summed E-state index contributed by atoms with van der Waals surface area (Å²) in [6, 6.07) is 7.11. The van der Waals surface area contributed by atoms with E-state index in [0.29, 0.717) is 17.2 Å². The summed E-state index contributed by atoms with van der Waals surface area (Å²) in [5.74, 6) is 0.898. The maximum Gasteiger partial charge on any atom is 0.187 e. The molecule has 6 heteroatoms. The van der Waals surface area contributed by atoms with Crippen molar-refractivity contribution in [3.8, 4) is 11.5 Å². The number of carbonyl (C=O) groups is 1. The van der Waals surface area contributed by atoms with Crippen LogP contribution < -0.4 is 4.74 Å². The SMILES string of the molecule is Cc1ccc(CC(=O)c2cc(Oc3cncnc3)ccn2)nc1C. The third-order valence-corrected chi connectivity index (χ3v) is 3.54. The normalized spacial score (nSPS) is 10.4. The summed E-state index contributed by atoms with van der Waals surface area (Å²) in [5.41, 5.74) is 3.09. The Bertz CT molecular complexity index is 866. The van der Waals surface area contributed by atoms with E-state index in [0.717, 1.165) is 17.0 Å². The molecule has 120 valence electrons. The van der Waals surface area contributed by atoms with Gasteiger partial charge >= 0.3 is 0 Å². The Morgan fingerprint density at radius 2 is 1.88 bits per heavy atom. The fourth-order valence-corrected chi connectivity index (χ4v) is 2.14. The Morgan fingerprint density at radius 3 is 2.62 bits per heavy atom. The lowest BCUT2D eigenvalue weighted by Gasteiger charge is -2.07. The first-order valence-corrected chi connectivity index (χ1v) is 7.47. The summed E-state index contributed by atoms with van der Waals surface area (Å²) in [6.07, 6.45) is 6.26. The van der Waals surface area contributed by atoms with Gasteiger partial charge in [-0.15, -0.1) is 0 Å². The van der Waals surface area contributed by atoms with Crippen LogP contribution in [0.1, 0.15) is 27.4 Å². The molecule has 0 saturated heterocycles. The van der Waals surface area contributed by atoms with Gasteiger partial charge in [0.05, 0.1) is 18.8 Å². The van der Waals surface area contributed by atoms with Crippen LogP contribution in [0.15, 0.2) is 49.2 Å². The van der Waals surface area contributed by atoms with E-state index in [1.54, 1.807) is 30.7 Å². The predicted molar refractivity (Wildman–Crippen MR) is 88.1 cm³/mol. The van der Waals surface area contributed by atoms with Gasteiger partial charge in [-0.3, -0.25) is 14.8 Å². The van der Waals surface area contributed by atoms with Crippen LogP contribution in [-0.2, 0) is 6.42 Å². The Labute approximate surface area is 139 Å². The standard InChI is InChI=1S/C18H16N4O2/c1-12-3-4-14(22-13(12)2)7-18(23)17-8-15(5-6-21-17)24-16-9-19-11-20-10-16/h3-6,8-11H,7H2,1-2H3. The lowest BCUT2D eigenvalue weighted by atomic mass is 10.1. The summed E-state index contributed by atoms with van der Waals surface area (Å²) < 4.78 is 5.62. The monoisotopic (exact) mass is 320 g/mol. The van der Waals surface area contributed by atoms with Crippen LogP contribution in [0.4, 0.5) is 0 Å². The lowest BCUT2D eigenvalue weighted by Crippen LogP contribution is -2.08. The number of Topliss-reactive ketones (excluding diaryl/α,β-unsaturated/α-hetero) is 1. The highest BCUT2D eigenvalue weighted by Crippen LogP contribution is 2.20. The molecule has 0 aliphatic rings. The minimum Gasteiger partial charge on any atom is -0.454 e. The molecule has 0 amide bonds. The molecule has 24 heavy (non-hydrogen) atoms. The smallest absolute Gasteiger partial charge is 0.187 e. The van der Waals surface area contributed by atoms with E-state index in [-0.39, 0.29) is 12.2 Å². The second-order valence-corrected chi connectivity index (χ2v) is 5.36. The molecule has 3 aromatic heterocycles. The quantitative estimate of drug-likeness (QED) is 0.672. The van der Waals surface area contributed by atoms with Crippen molar-refractivity contribution in [3.63, 3.8) is 0 Å². The maximum absolute atomic E-state index is 12.4. The van der Waals surface area contributed by atoms with Crippen molar-refractivity contribution in [1.29, 1.82) is 0 Å². The van der Waals surface area contributed by atoms with E-state index in [2.05, 4.69) is 19.9 Å². The number of carbonyl (C=O) groups excluding carboxylic acids is 1. The van der Waals surface area contributed by atoms with Gasteiger partial charge in [0.25, 0.3) is 0 Å². The molecule has 0 spiro atoms. The first kappa shape index (κ1) is 15.7. The molecule has 0 saturated carbocycles. The van der Waals surface area contributed by atoms with E-state index in [9.17, 15) is 4.79 Å². The molecule has 0 aliphatic carbocycles. The molecule has 0 fully saturated rings. The summed E-state index contributed by atoms with van der Waals surface area (Å²) in [4.78, 5) is 28.8. The summed E-state index contributed by atoms with van der Waals surface area (Å²) in [5, 5.41) is 0. The molecule has 0 unspecified atom stereocenters. The van der Waals surface area contributed by atoms with Crippen LogP contribution >= 0.6 is 0 Å². The second kappa shape index (κ2) is 6.95. The van der Waals surface area contributed by atoms with Crippen LogP contribution in [0.2, 0.25) is 0 Å². The minimum absolute atomic E-state index is 0.111. The number of nitrogens with zero attached hydrogens (tertiary/aromatic N) is 4. The van der Waals surface area contributed by atoms with Crippen molar-refractivity contribution in [1.82, 2.24) is 19.9 Å². The number of ketones is 1. The third kappa shape index (κ3) is 3.78. The minimum atomic E-state index is -0.111. The number of ether oxygens (including phenoxy) is 1. The Morgan fingerprint density at radius 1 is 1.08 bits per heavy atom. The van der Waals surface area contributed by atoms with Crippen molar-refractivity contribution in [2.75, 3.05) is 0 Å². The van der Waals surface area contributed by atoms with E-state index < -0.39 is 0 Å². The van der Waals surface area contributed by atoms with Gasteiger partial charge < -0.3 is 4.74 Å². The van der Waals surface area contributed by atoms with Crippen molar-refractivity contribution in [2.24, 2.45) is 0 Å². The zero-order valence-electron chi connectivity index (χ0n) is 13.4. The van der Waals surface area contributed by atoms with Gasteiger partial charge in [-0.1, -0.05) is 6.07 Å². The van der Waals surface area contributed by atoms with Crippen molar-refractivity contribution < 1.29 is 9.53 Å². The molecule has 3 heterocycles. The van der Waals surface area contributed by atoms with E-state index in [1.807, 2.05) is 26.0 Å². The Hall–Kier alpha value is -3.15. The fraction of sp³-hybridized carbons (Fsp3) is 0.167. The van der Waals surface area contributed by atoms with Gasteiger partial charge in [-0.2, -0.15) is 0 Å². The molecular weight excluding hydrogens is 304 g/mol. The van der Waals surface area contributed by atoms with Crippen LogP contribution in [0, 0.1) is 13.8 Å². The summed E-state index contributed by atoms with van der Waals surface area (Å²) in [7, 11) is 0. The van der Waals surface area contributed by atoms with Gasteiger partial charge in [0, 0.05) is 23.7 Å². The fourth-order valence-electron chi connectivity index (χ4n) is 2.14. The molecule has 0 aromatic carbocycles. The third-order valence-electron chi connectivity index (χ3n) is 3.54. The number of aromatic nitrogens is 4. The van der Waals surface area contributed by atoms with E-state index >= 15 is 0 Å². The van der Waals surface area contributed by atoms with Gasteiger partial charge in [-0.25, -0.2) is 9.97 Å². The molecule has 3 rings (SSSR count). The Kier molecular flexibility index (Phi) is 4.56. The Balaban J connectivity index is 1.75. The molecule has 0 N–H and O–H groups in total. The second-order valence-electron chi connectivity index (χ2n) is 5.36. The lowest BCUT2D eigenvalue weighted by molar-refractivity contribution is 0.0987. The molecule has 0 atom stereocenters. The number of aryl methyl sites for hydroxylation is 2. The largest absolute Gasteiger partial charge is 0.454 e. The first-order chi connectivity index (χ1) is 11.6. The highest BCUT2D eigenvalue weighted by Gasteiger charge is 2.12. The predicted octanol–water partition coefficient (Wildman–Crippen LogP) is 3.10. The van der Waals surface area contributed by atoms with Crippen LogP contribution in [-0.4, -0.2) is 25.7 Å². The molecule has 6 nitrogen and oxygen atoms in total. The average molecular weight is 320 g/mol. The molecule has 0 radical (unpaired) electrons. The van der Waals surface area contributed by atoms with Crippen LogP contribution in [0.3, 0.4) is 0 Å². The zero-order valence-corrected chi connectivity index (χ0v) is 13.4.